The number of carbonyl (C=O) groups excluding carboxylic acids is 1. The SMILES string of the molecule is COCC1C(=O)NCC12CCN(Cc1scnc1C)CC2.O=C(O)C(F)(F)F. The molecule has 158 valence electrons. The van der Waals surface area contributed by atoms with Crippen LogP contribution in [-0.4, -0.2) is 66.4 Å². The number of halogens is 3. The van der Waals surface area contributed by atoms with Gasteiger partial charge in [-0.25, -0.2) is 9.78 Å². The fourth-order valence-corrected chi connectivity index (χ4v) is 4.39. The van der Waals surface area contributed by atoms with E-state index < -0.39 is 12.1 Å². The van der Waals surface area contributed by atoms with Crippen LogP contribution < -0.4 is 5.32 Å². The molecule has 11 heteroatoms. The number of carboxylic acid groups (broad SMARTS) is 1. The van der Waals surface area contributed by atoms with Gasteiger partial charge in [-0.2, -0.15) is 13.2 Å². The highest BCUT2D eigenvalue weighted by Gasteiger charge is 2.49. The lowest BCUT2D eigenvalue weighted by molar-refractivity contribution is -0.192. The highest BCUT2D eigenvalue weighted by atomic mass is 32.1. The zero-order chi connectivity index (χ0) is 20.9. The number of aromatic nitrogens is 1. The molecule has 1 atom stereocenters. The Hall–Kier alpha value is -1.72. The highest BCUT2D eigenvalue weighted by molar-refractivity contribution is 7.09. The van der Waals surface area contributed by atoms with Crippen molar-refractivity contribution >= 4 is 23.2 Å². The number of carboxylic acids is 1. The average Bonchev–Trinajstić information content (AvgIpc) is 3.16. The van der Waals surface area contributed by atoms with Crippen molar-refractivity contribution in [1.82, 2.24) is 15.2 Å². The summed E-state index contributed by atoms with van der Waals surface area (Å²) in [6, 6.07) is 0. The number of rotatable bonds is 4. The third-order valence-electron chi connectivity index (χ3n) is 5.31. The largest absolute Gasteiger partial charge is 0.490 e. The summed E-state index contributed by atoms with van der Waals surface area (Å²) < 4.78 is 37.0. The Morgan fingerprint density at radius 3 is 2.54 bits per heavy atom. The molecule has 3 heterocycles. The van der Waals surface area contributed by atoms with Crippen molar-refractivity contribution in [2.75, 3.05) is 33.4 Å². The summed E-state index contributed by atoms with van der Waals surface area (Å²) in [5, 5.41) is 10.2. The number of hydrogen-bond acceptors (Lipinski definition) is 6. The molecule has 3 rings (SSSR count). The van der Waals surface area contributed by atoms with E-state index in [0.29, 0.717) is 6.61 Å². The van der Waals surface area contributed by atoms with Gasteiger partial charge in [0, 0.05) is 30.5 Å². The molecule has 1 spiro atoms. The summed E-state index contributed by atoms with van der Waals surface area (Å²) in [5.41, 5.74) is 3.17. The maximum Gasteiger partial charge on any atom is 0.490 e. The first-order valence-corrected chi connectivity index (χ1v) is 9.65. The number of methoxy groups -OCH3 is 1. The van der Waals surface area contributed by atoms with E-state index in [1.165, 1.54) is 4.88 Å². The Balaban J connectivity index is 0.000000345. The van der Waals surface area contributed by atoms with E-state index in [4.69, 9.17) is 14.6 Å². The summed E-state index contributed by atoms with van der Waals surface area (Å²) in [7, 11) is 1.68. The Morgan fingerprint density at radius 2 is 2.07 bits per heavy atom. The Labute approximate surface area is 164 Å². The third-order valence-corrected chi connectivity index (χ3v) is 6.23. The molecule has 2 aliphatic rings. The number of carbonyl (C=O) groups is 2. The van der Waals surface area contributed by atoms with E-state index in [9.17, 15) is 18.0 Å². The summed E-state index contributed by atoms with van der Waals surface area (Å²) >= 11 is 1.74. The van der Waals surface area contributed by atoms with E-state index >= 15 is 0 Å². The number of likely N-dealkylation sites (tertiary alicyclic amines) is 1. The molecule has 0 aliphatic carbocycles. The quantitative estimate of drug-likeness (QED) is 0.770. The van der Waals surface area contributed by atoms with Crippen LogP contribution in [0, 0.1) is 18.3 Å². The minimum Gasteiger partial charge on any atom is -0.475 e. The average molecular weight is 423 g/mol. The van der Waals surface area contributed by atoms with Crippen LogP contribution in [-0.2, 0) is 20.9 Å². The third kappa shape index (κ3) is 5.42. The summed E-state index contributed by atoms with van der Waals surface area (Å²) in [5.74, 6) is -2.56. The van der Waals surface area contributed by atoms with Gasteiger partial charge in [0.2, 0.25) is 5.91 Å². The molecule has 1 unspecified atom stereocenters. The summed E-state index contributed by atoms with van der Waals surface area (Å²) in [6.45, 7) is 6.51. The van der Waals surface area contributed by atoms with Gasteiger partial charge >= 0.3 is 12.1 Å². The zero-order valence-corrected chi connectivity index (χ0v) is 16.5. The van der Waals surface area contributed by atoms with Crippen LogP contribution in [0.2, 0.25) is 0 Å². The molecule has 7 nitrogen and oxygen atoms in total. The predicted molar refractivity (Wildman–Crippen MR) is 95.9 cm³/mol. The number of aliphatic carboxylic acids is 1. The fourth-order valence-electron chi connectivity index (χ4n) is 3.57. The molecule has 2 fully saturated rings. The monoisotopic (exact) mass is 423 g/mol. The van der Waals surface area contributed by atoms with Gasteiger partial charge in [-0.15, -0.1) is 11.3 Å². The van der Waals surface area contributed by atoms with E-state index in [1.54, 1.807) is 18.4 Å². The van der Waals surface area contributed by atoms with Crippen LogP contribution >= 0.6 is 11.3 Å². The maximum atomic E-state index is 12.0. The van der Waals surface area contributed by atoms with E-state index in [1.807, 2.05) is 5.51 Å². The molecular formula is C17H24F3N3O4S. The van der Waals surface area contributed by atoms with Gasteiger partial charge < -0.3 is 15.2 Å². The molecule has 2 aliphatic heterocycles. The van der Waals surface area contributed by atoms with Gasteiger partial charge in [-0.1, -0.05) is 0 Å². The van der Waals surface area contributed by atoms with Crippen LogP contribution in [0.5, 0.6) is 0 Å². The lowest BCUT2D eigenvalue weighted by atomic mass is 9.71. The molecule has 0 aromatic carbocycles. The minimum atomic E-state index is -5.08. The van der Waals surface area contributed by atoms with E-state index in [0.717, 1.165) is 44.7 Å². The Morgan fingerprint density at radius 1 is 1.46 bits per heavy atom. The normalized spacial score (nSPS) is 21.9. The fraction of sp³-hybridized carbons (Fsp3) is 0.706. The van der Waals surface area contributed by atoms with Crippen molar-refractivity contribution in [1.29, 1.82) is 0 Å². The number of nitrogens with zero attached hydrogens (tertiary/aromatic N) is 2. The van der Waals surface area contributed by atoms with Crippen molar-refractivity contribution in [3.63, 3.8) is 0 Å². The zero-order valence-electron chi connectivity index (χ0n) is 15.7. The molecule has 1 aromatic heterocycles. The first-order chi connectivity index (χ1) is 13.1. The molecule has 0 bridgehead atoms. The second kappa shape index (κ2) is 9.19. The number of thiazole rings is 1. The Kier molecular flexibility index (Phi) is 7.40. The number of hydrogen-bond donors (Lipinski definition) is 2. The van der Waals surface area contributed by atoms with Crippen molar-refractivity contribution in [2.45, 2.75) is 32.5 Å². The van der Waals surface area contributed by atoms with Crippen LogP contribution in [0.1, 0.15) is 23.4 Å². The number of nitrogens with one attached hydrogen (secondary N) is 1. The van der Waals surface area contributed by atoms with Crippen molar-refractivity contribution in [3.8, 4) is 0 Å². The summed E-state index contributed by atoms with van der Waals surface area (Å²) in [4.78, 5) is 29.1. The second-order valence-corrected chi connectivity index (χ2v) is 7.97. The number of alkyl halides is 3. The highest BCUT2D eigenvalue weighted by Crippen LogP contribution is 2.42. The number of ether oxygens (including phenoxy) is 1. The van der Waals surface area contributed by atoms with Gasteiger partial charge in [0.15, 0.2) is 0 Å². The lowest BCUT2D eigenvalue weighted by Gasteiger charge is -2.41. The van der Waals surface area contributed by atoms with Gasteiger partial charge in [0.05, 0.1) is 23.7 Å². The van der Waals surface area contributed by atoms with Gasteiger partial charge in [-0.05, 0) is 32.9 Å². The van der Waals surface area contributed by atoms with Crippen molar-refractivity contribution < 1.29 is 32.6 Å². The standard InChI is InChI=1S/C15H23N3O2S.C2HF3O2/c1-11-13(21-10-17-11)7-18-5-3-15(4-6-18)9-16-14(19)12(15)8-20-2;3-2(4,5)1(6)7/h10,12H,3-9H2,1-2H3,(H,16,19);(H,6,7). The molecule has 2 saturated heterocycles. The van der Waals surface area contributed by atoms with Crippen molar-refractivity contribution in [3.05, 3.63) is 16.1 Å². The van der Waals surface area contributed by atoms with E-state index in [-0.39, 0.29) is 17.2 Å². The van der Waals surface area contributed by atoms with Crippen LogP contribution in [0.4, 0.5) is 13.2 Å². The van der Waals surface area contributed by atoms with Gasteiger partial charge in [0.25, 0.3) is 0 Å². The van der Waals surface area contributed by atoms with Gasteiger partial charge in [0.1, 0.15) is 0 Å². The predicted octanol–water partition coefficient (Wildman–Crippen LogP) is 2.06. The van der Waals surface area contributed by atoms with Crippen LogP contribution in [0.3, 0.4) is 0 Å². The first kappa shape index (κ1) is 22.6. The number of amides is 1. The van der Waals surface area contributed by atoms with E-state index in [2.05, 4.69) is 22.1 Å². The van der Waals surface area contributed by atoms with Crippen LogP contribution in [0.25, 0.3) is 0 Å². The lowest BCUT2D eigenvalue weighted by Crippen LogP contribution is -2.45. The van der Waals surface area contributed by atoms with Crippen molar-refractivity contribution in [2.24, 2.45) is 11.3 Å². The molecule has 0 radical (unpaired) electrons. The van der Waals surface area contributed by atoms with Crippen LogP contribution in [0.15, 0.2) is 5.51 Å². The second-order valence-electron chi connectivity index (χ2n) is 7.03. The first-order valence-electron chi connectivity index (χ1n) is 8.77. The smallest absolute Gasteiger partial charge is 0.475 e. The molecule has 0 saturated carbocycles. The number of aryl methyl sites for hydroxylation is 1. The molecule has 28 heavy (non-hydrogen) atoms. The molecule has 1 aromatic rings. The molecule has 1 amide bonds. The van der Waals surface area contributed by atoms with Gasteiger partial charge in [-0.3, -0.25) is 9.69 Å². The topological polar surface area (TPSA) is 91.8 Å². The number of piperidine rings is 1. The Bertz CT molecular complexity index is 687. The minimum absolute atomic E-state index is 0.0230. The molecule has 2 N–H and O–H groups in total. The maximum absolute atomic E-state index is 12.0. The molecular weight excluding hydrogens is 399 g/mol. The summed E-state index contributed by atoms with van der Waals surface area (Å²) in [6.07, 6.45) is -2.95.